The van der Waals surface area contributed by atoms with Gasteiger partial charge in [-0.25, -0.2) is 4.68 Å². The van der Waals surface area contributed by atoms with Crippen LogP contribution in [-0.4, -0.2) is 57.5 Å². The number of nitriles is 1. The summed E-state index contributed by atoms with van der Waals surface area (Å²) in [5.41, 5.74) is 6.12. The molecule has 4 unspecified atom stereocenters. The van der Waals surface area contributed by atoms with E-state index in [1.165, 1.54) is 5.56 Å². The van der Waals surface area contributed by atoms with Crippen molar-refractivity contribution in [1.29, 1.82) is 5.26 Å². The average molecular weight is 534 g/mol. The van der Waals surface area contributed by atoms with E-state index >= 15 is 0 Å². The topological polar surface area (TPSA) is 98.9 Å². The summed E-state index contributed by atoms with van der Waals surface area (Å²) in [6.07, 6.45) is 2.54. The molecule has 8 nitrogen and oxygen atoms in total. The van der Waals surface area contributed by atoms with E-state index in [-0.39, 0.29) is 18.0 Å². The molecule has 0 radical (unpaired) electrons. The number of nitrogens with one attached hydrogen (secondary N) is 2. The number of carbonyl (C=O) groups excluding carboxylic acids is 1. The molecule has 4 atom stereocenters. The molecule has 2 N–H and O–H groups in total. The van der Waals surface area contributed by atoms with Crippen LogP contribution in [0.4, 0.5) is 0 Å². The molecule has 204 valence electrons. The molecule has 40 heavy (non-hydrogen) atoms. The van der Waals surface area contributed by atoms with Gasteiger partial charge in [-0.2, -0.15) is 5.26 Å². The number of likely N-dealkylation sites (tertiary alicyclic amines) is 1. The van der Waals surface area contributed by atoms with E-state index in [2.05, 4.69) is 74.4 Å². The van der Waals surface area contributed by atoms with Crippen LogP contribution in [0, 0.1) is 17.2 Å². The van der Waals surface area contributed by atoms with Gasteiger partial charge in [0.1, 0.15) is 5.52 Å². The molecule has 0 aliphatic carbocycles. The number of hydrogen-bond acceptors (Lipinski definition) is 6. The second kappa shape index (κ2) is 11.6. The van der Waals surface area contributed by atoms with Crippen molar-refractivity contribution in [3.05, 3.63) is 95.1 Å². The lowest BCUT2D eigenvalue weighted by Crippen LogP contribution is -2.48. The fourth-order valence-corrected chi connectivity index (χ4v) is 6.43. The number of nitrogens with zero attached hydrogens (tertiary/aromatic N) is 5. The predicted octanol–water partition coefficient (Wildman–Crippen LogP) is 3.54. The molecule has 1 amide bonds. The van der Waals surface area contributed by atoms with Crippen molar-refractivity contribution < 1.29 is 4.79 Å². The smallest absolute Gasteiger partial charge is 0.240 e. The number of rotatable bonds is 8. The number of fused-ring (bicyclic) bond motifs is 1. The summed E-state index contributed by atoms with van der Waals surface area (Å²) in [6, 6.07) is 26.8. The summed E-state index contributed by atoms with van der Waals surface area (Å²) in [4.78, 5) is 16.0. The molecule has 2 fully saturated rings. The van der Waals surface area contributed by atoms with E-state index < -0.39 is 0 Å². The van der Waals surface area contributed by atoms with Gasteiger partial charge in [-0.05, 0) is 66.0 Å². The van der Waals surface area contributed by atoms with Crippen LogP contribution in [-0.2, 0) is 24.8 Å². The Hall–Kier alpha value is -4.06. The first-order valence-electron chi connectivity index (χ1n) is 14.1. The molecule has 4 aromatic rings. The van der Waals surface area contributed by atoms with Gasteiger partial charge in [0.25, 0.3) is 0 Å². The van der Waals surface area contributed by atoms with E-state index in [0.717, 1.165) is 60.1 Å². The summed E-state index contributed by atoms with van der Waals surface area (Å²) >= 11 is 0. The lowest BCUT2D eigenvalue weighted by molar-refractivity contribution is -0.134. The van der Waals surface area contributed by atoms with Crippen LogP contribution in [0.3, 0.4) is 0 Å². The Kier molecular flexibility index (Phi) is 7.58. The quantitative estimate of drug-likeness (QED) is 0.360. The van der Waals surface area contributed by atoms with Crippen LogP contribution < -0.4 is 10.6 Å². The zero-order valence-corrected chi connectivity index (χ0v) is 22.8. The molecular weight excluding hydrogens is 498 g/mol. The van der Waals surface area contributed by atoms with Crippen LogP contribution in [0.5, 0.6) is 0 Å². The number of aromatic nitrogens is 3. The van der Waals surface area contributed by atoms with Gasteiger partial charge < -0.3 is 15.5 Å². The Morgan fingerprint density at radius 3 is 2.77 bits per heavy atom. The minimum atomic E-state index is -0.170. The number of hydrogen-bond donors (Lipinski definition) is 2. The molecular formula is C32H35N7O. The number of aryl methyl sites for hydroxylation is 1. The molecule has 6 rings (SSSR count). The number of carbonyl (C=O) groups is 1. The third kappa shape index (κ3) is 5.48. The lowest BCUT2D eigenvalue weighted by atomic mass is 9.94. The van der Waals surface area contributed by atoms with Crippen LogP contribution in [0.25, 0.3) is 11.0 Å². The number of benzene rings is 3. The highest BCUT2D eigenvalue weighted by Crippen LogP contribution is 2.31. The summed E-state index contributed by atoms with van der Waals surface area (Å²) in [7, 11) is 1.89. The van der Waals surface area contributed by atoms with E-state index in [0.29, 0.717) is 24.9 Å². The Balaban J connectivity index is 1.14. The molecule has 0 saturated carbocycles. The molecule has 0 spiro atoms. The minimum Gasteiger partial charge on any atom is -0.337 e. The molecule has 3 aromatic carbocycles. The van der Waals surface area contributed by atoms with E-state index in [1.807, 2.05) is 37.4 Å². The van der Waals surface area contributed by atoms with Gasteiger partial charge in [0, 0.05) is 39.3 Å². The molecule has 2 saturated heterocycles. The summed E-state index contributed by atoms with van der Waals surface area (Å²) in [5.74, 6) is 0.860. The van der Waals surface area contributed by atoms with E-state index in [1.54, 1.807) is 4.68 Å². The monoisotopic (exact) mass is 533 g/mol. The maximum Gasteiger partial charge on any atom is 0.240 e. The van der Waals surface area contributed by atoms with Gasteiger partial charge in [-0.15, -0.1) is 5.10 Å². The Bertz CT molecular complexity index is 1530. The van der Waals surface area contributed by atoms with Gasteiger partial charge in [-0.3, -0.25) is 4.79 Å². The number of amides is 1. The van der Waals surface area contributed by atoms with Gasteiger partial charge >= 0.3 is 0 Å². The Labute approximate surface area is 235 Å². The fourth-order valence-electron chi connectivity index (χ4n) is 6.43. The van der Waals surface area contributed by atoms with Crippen LogP contribution in [0.1, 0.15) is 41.0 Å². The molecule has 0 bridgehead atoms. The maximum absolute atomic E-state index is 13.9. The van der Waals surface area contributed by atoms with Crippen molar-refractivity contribution in [3.63, 3.8) is 0 Å². The highest BCUT2D eigenvalue weighted by atomic mass is 16.2. The van der Waals surface area contributed by atoms with Crippen molar-refractivity contribution in [2.24, 2.45) is 13.0 Å². The van der Waals surface area contributed by atoms with Crippen molar-refractivity contribution in [1.82, 2.24) is 30.5 Å². The first-order chi connectivity index (χ1) is 19.6. The van der Waals surface area contributed by atoms with Crippen molar-refractivity contribution in [2.45, 2.75) is 43.8 Å². The fraction of sp³-hybridized carbons (Fsp3) is 0.375. The Morgan fingerprint density at radius 2 is 1.93 bits per heavy atom. The SMILES string of the molecule is Cn1nnc2cc(CNCC3CC(Cc4ccccc4C#N)CN3C(=O)C3CC(c4ccccc4)CN3)ccc21. The summed E-state index contributed by atoms with van der Waals surface area (Å²) in [6.45, 7) is 2.95. The third-order valence-electron chi connectivity index (χ3n) is 8.51. The van der Waals surface area contributed by atoms with Gasteiger partial charge in [0.05, 0.1) is 23.2 Å². The van der Waals surface area contributed by atoms with Crippen molar-refractivity contribution in [3.8, 4) is 6.07 Å². The largest absolute Gasteiger partial charge is 0.337 e. The highest BCUT2D eigenvalue weighted by Gasteiger charge is 2.40. The molecule has 2 aliphatic heterocycles. The van der Waals surface area contributed by atoms with Gasteiger partial charge in [-0.1, -0.05) is 59.8 Å². The van der Waals surface area contributed by atoms with Crippen LogP contribution >= 0.6 is 0 Å². The average Bonchev–Trinajstić information content (AvgIpc) is 3.73. The summed E-state index contributed by atoms with van der Waals surface area (Å²) < 4.78 is 1.78. The zero-order chi connectivity index (χ0) is 27.5. The normalized spacial score (nSPS) is 22.6. The van der Waals surface area contributed by atoms with Crippen molar-refractivity contribution in [2.75, 3.05) is 19.6 Å². The molecule has 3 heterocycles. The third-order valence-corrected chi connectivity index (χ3v) is 8.51. The lowest BCUT2D eigenvalue weighted by Gasteiger charge is -2.28. The molecule has 2 aliphatic rings. The van der Waals surface area contributed by atoms with Crippen molar-refractivity contribution >= 4 is 16.9 Å². The predicted molar refractivity (Wildman–Crippen MR) is 154 cm³/mol. The first-order valence-corrected chi connectivity index (χ1v) is 14.1. The minimum absolute atomic E-state index is 0.101. The summed E-state index contributed by atoms with van der Waals surface area (Å²) in [5, 5.41) is 25.1. The van der Waals surface area contributed by atoms with Crippen LogP contribution in [0.15, 0.2) is 72.8 Å². The zero-order valence-electron chi connectivity index (χ0n) is 22.8. The Morgan fingerprint density at radius 1 is 1.10 bits per heavy atom. The highest BCUT2D eigenvalue weighted by molar-refractivity contribution is 5.83. The molecule has 1 aromatic heterocycles. The van der Waals surface area contributed by atoms with Crippen LogP contribution in [0.2, 0.25) is 0 Å². The van der Waals surface area contributed by atoms with E-state index in [9.17, 15) is 10.1 Å². The second-order valence-corrected chi connectivity index (χ2v) is 11.2. The van der Waals surface area contributed by atoms with Gasteiger partial charge in [0.2, 0.25) is 5.91 Å². The maximum atomic E-state index is 13.9. The first kappa shape index (κ1) is 26.2. The second-order valence-electron chi connectivity index (χ2n) is 11.2. The van der Waals surface area contributed by atoms with Gasteiger partial charge in [0.15, 0.2) is 0 Å². The van der Waals surface area contributed by atoms with E-state index in [4.69, 9.17) is 0 Å². The molecule has 8 heteroatoms. The standard InChI is InChI=1S/C32H35N7O/c1-38-31-12-11-22(15-29(31)36-37-38)18-34-20-28-14-23(13-25-9-5-6-10-26(25)17-33)21-39(28)32(40)30-16-27(19-35-30)24-7-3-2-4-8-24/h2-12,15,23,27-28,30,34-35H,13-14,16,18-21H2,1H3.